The molecule has 0 bridgehead atoms. The van der Waals surface area contributed by atoms with Gasteiger partial charge in [-0.2, -0.15) is 0 Å². The second-order valence-corrected chi connectivity index (χ2v) is 4.75. The van der Waals surface area contributed by atoms with Crippen molar-refractivity contribution >= 4 is 22.0 Å². The Hall–Kier alpha value is -0.830. The highest BCUT2D eigenvalue weighted by Gasteiger charge is 2.08. The van der Waals surface area contributed by atoms with Gasteiger partial charge >= 0.3 is 0 Å². The molecule has 1 heterocycles. The van der Waals surface area contributed by atoms with Crippen LogP contribution < -0.4 is 4.74 Å². The smallest absolute Gasteiger partial charge is 0.220 e. The first-order valence-corrected chi connectivity index (χ1v) is 6.25. The van der Waals surface area contributed by atoms with Crippen molar-refractivity contribution in [2.75, 3.05) is 7.11 Å². The van der Waals surface area contributed by atoms with Crippen LogP contribution in [-0.2, 0) is 0 Å². The SMILES string of the molecule is CCC/C(C)=C\c1c(OC)ncc(Br)c1C. The fourth-order valence-corrected chi connectivity index (χ4v) is 1.93. The van der Waals surface area contributed by atoms with Crippen molar-refractivity contribution < 1.29 is 4.74 Å². The summed E-state index contributed by atoms with van der Waals surface area (Å²) in [7, 11) is 1.65. The number of pyridine rings is 1. The van der Waals surface area contributed by atoms with E-state index in [-0.39, 0.29) is 0 Å². The molecule has 0 saturated heterocycles. The molecule has 0 aromatic carbocycles. The third kappa shape index (κ3) is 3.08. The Kier molecular flexibility index (Phi) is 5.00. The highest BCUT2D eigenvalue weighted by Crippen LogP contribution is 2.28. The van der Waals surface area contributed by atoms with E-state index in [1.807, 2.05) is 0 Å². The molecule has 0 amide bonds. The van der Waals surface area contributed by atoms with E-state index in [1.54, 1.807) is 13.3 Å². The van der Waals surface area contributed by atoms with Gasteiger partial charge in [0.1, 0.15) is 0 Å². The molecule has 3 heteroatoms. The molecule has 1 rings (SSSR count). The Balaban J connectivity index is 3.19. The summed E-state index contributed by atoms with van der Waals surface area (Å²) in [6.45, 7) is 6.39. The zero-order chi connectivity index (χ0) is 12.1. The first-order chi connectivity index (χ1) is 7.60. The largest absolute Gasteiger partial charge is 0.481 e. The van der Waals surface area contributed by atoms with Gasteiger partial charge in [-0.05, 0) is 41.8 Å². The lowest BCUT2D eigenvalue weighted by atomic mass is 10.1. The molecule has 0 aliphatic heterocycles. The van der Waals surface area contributed by atoms with Gasteiger partial charge in [0.25, 0.3) is 0 Å². The number of aromatic nitrogens is 1. The molecule has 1 aromatic rings. The first-order valence-electron chi connectivity index (χ1n) is 5.46. The predicted molar refractivity (Wildman–Crippen MR) is 71.8 cm³/mol. The number of hydrogen-bond acceptors (Lipinski definition) is 2. The summed E-state index contributed by atoms with van der Waals surface area (Å²) in [6.07, 6.45) is 6.20. The van der Waals surface area contributed by atoms with Gasteiger partial charge in [-0.25, -0.2) is 4.98 Å². The summed E-state index contributed by atoms with van der Waals surface area (Å²) in [6, 6.07) is 0. The second kappa shape index (κ2) is 6.04. The minimum atomic E-state index is 0.691. The summed E-state index contributed by atoms with van der Waals surface area (Å²) in [5.74, 6) is 0.691. The van der Waals surface area contributed by atoms with Crippen molar-refractivity contribution in [3.63, 3.8) is 0 Å². The Morgan fingerprint density at radius 1 is 1.56 bits per heavy atom. The predicted octanol–water partition coefficient (Wildman–Crippen LogP) is 4.36. The van der Waals surface area contributed by atoms with Crippen molar-refractivity contribution in [2.24, 2.45) is 0 Å². The van der Waals surface area contributed by atoms with E-state index >= 15 is 0 Å². The number of allylic oxidation sites excluding steroid dienone is 1. The summed E-state index contributed by atoms with van der Waals surface area (Å²) in [5, 5.41) is 0. The number of ether oxygens (including phenoxy) is 1. The summed E-state index contributed by atoms with van der Waals surface area (Å²) < 4.78 is 6.30. The molecule has 1 aromatic heterocycles. The van der Waals surface area contributed by atoms with Gasteiger partial charge in [0.2, 0.25) is 5.88 Å². The van der Waals surface area contributed by atoms with E-state index in [4.69, 9.17) is 4.74 Å². The van der Waals surface area contributed by atoms with E-state index in [1.165, 1.54) is 11.1 Å². The van der Waals surface area contributed by atoms with Gasteiger partial charge in [0, 0.05) is 16.2 Å². The van der Waals surface area contributed by atoms with E-state index in [2.05, 4.69) is 47.8 Å². The lowest BCUT2D eigenvalue weighted by Crippen LogP contribution is -1.95. The zero-order valence-corrected chi connectivity index (χ0v) is 11.9. The first kappa shape index (κ1) is 13.2. The van der Waals surface area contributed by atoms with Crippen LogP contribution in [0.3, 0.4) is 0 Å². The van der Waals surface area contributed by atoms with E-state index in [0.29, 0.717) is 5.88 Å². The Labute approximate surface area is 106 Å². The maximum atomic E-state index is 5.28. The molecule has 0 radical (unpaired) electrons. The third-order valence-corrected chi connectivity index (χ3v) is 3.32. The normalized spacial score (nSPS) is 11.7. The van der Waals surface area contributed by atoms with Crippen LogP contribution in [0.25, 0.3) is 6.08 Å². The molecule has 0 aliphatic carbocycles. The molecule has 0 spiro atoms. The van der Waals surface area contributed by atoms with Gasteiger partial charge in [-0.1, -0.05) is 25.0 Å². The van der Waals surface area contributed by atoms with Crippen molar-refractivity contribution in [3.8, 4) is 5.88 Å². The van der Waals surface area contributed by atoms with Crippen LogP contribution in [0.5, 0.6) is 5.88 Å². The van der Waals surface area contributed by atoms with Gasteiger partial charge in [0.15, 0.2) is 0 Å². The Morgan fingerprint density at radius 2 is 2.25 bits per heavy atom. The highest BCUT2D eigenvalue weighted by molar-refractivity contribution is 9.10. The van der Waals surface area contributed by atoms with Crippen molar-refractivity contribution in [1.82, 2.24) is 4.98 Å². The van der Waals surface area contributed by atoms with Crippen LogP contribution in [0.4, 0.5) is 0 Å². The number of methoxy groups -OCH3 is 1. The highest BCUT2D eigenvalue weighted by atomic mass is 79.9. The Morgan fingerprint density at radius 3 is 2.81 bits per heavy atom. The zero-order valence-electron chi connectivity index (χ0n) is 10.3. The Bertz CT molecular complexity index is 399. The molecule has 0 N–H and O–H groups in total. The van der Waals surface area contributed by atoms with Gasteiger partial charge in [-0.15, -0.1) is 0 Å². The quantitative estimate of drug-likeness (QED) is 0.819. The maximum Gasteiger partial charge on any atom is 0.220 e. The molecule has 0 fully saturated rings. The number of hydrogen-bond donors (Lipinski definition) is 0. The van der Waals surface area contributed by atoms with Crippen LogP contribution in [0.1, 0.15) is 37.8 Å². The lowest BCUT2D eigenvalue weighted by molar-refractivity contribution is 0.396. The standard InChI is InChI=1S/C13H18BrNO/c1-5-6-9(2)7-11-10(3)12(14)8-15-13(11)16-4/h7-8H,5-6H2,1-4H3/b9-7-. The molecule has 0 unspecified atom stereocenters. The van der Waals surface area contributed by atoms with E-state index in [9.17, 15) is 0 Å². The minimum absolute atomic E-state index is 0.691. The molecule has 0 aliphatic rings. The molecule has 0 saturated carbocycles. The fraction of sp³-hybridized carbons (Fsp3) is 0.462. The number of nitrogens with zero attached hydrogens (tertiary/aromatic N) is 1. The van der Waals surface area contributed by atoms with Crippen LogP contribution in [-0.4, -0.2) is 12.1 Å². The average Bonchev–Trinajstić information content (AvgIpc) is 2.25. The molecule has 16 heavy (non-hydrogen) atoms. The number of halogens is 1. The minimum Gasteiger partial charge on any atom is -0.481 e. The van der Waals surface area contributed by atoms with Crippen molar-refractivity contribution in [3.05, 3.63) is 27.4 Å². The monoisotopic (exact) mass is 283 g/mol. The molecular formula is C13H18BrNO. The third-order valence-electron chi connectivity index (χ3n) is 2.52. The lowest BCUT2D eigenvalue weighted by Gasteiger charge is -2.09. The molecule has 2 nitrogen and oxygen atoms in total. The van der Waals surface area contributed by atoms with Gasteiger partial charge in [0.05, 0.1) is 7.11 Å². The average molecular weight is 284 g/mol. The molecular weight excluding hydrogens is 266 g/mol. The van der Waals surface area contributed by atoms with Crippen molar-refractivity contribution in [1.29, 1.82) is 0 Å². The van der Waals surface area contributed by atoms with E-state index < -0.39 is 0 Å². The second-order valence-electron chi connectivity index (χ2n) is 3.89. The fourth-order valence-electron chi connectivity index (χ4n) is 1.62. The number of rotatable bonds is 4. The topological polar surface area (TPSA) is 22.1 Å². The van der Waals surface area contributed by atoms with Crippen LogP contribution in [0.2, 0.25) is 0 Å². The summed E-state index contributed by atoms with van der Waals surface area (Å²) in [4.78, 5) is 4.26. The maximum absolute atomic E-state index is 5.28. The van der Waals surface area contributed by atoms with Crippen molar-refractivity contribution in [2.45, 2.75) is 33.6 Å². The molecule has 88 valence electrons. The van der Waals surface area contributed by atoms with E-state index in [0.717, 1.165) is 22.9 Å². The van der Waals surface area contributed by atoms with Crippen LogP contribution >= 0.6 is 15.9 Å². The van der Waals surface area contributed by atoms with Gasteiger partial charge < -0.3 is 4.74 Å². The van der Waals surface area contributed by atoms with Crippen LogP contribution in [0.15, 0.2) is 16.2 Å². The summed E-state index contributed by atoms with van der Waals surface area (Å²) in [5.41, 5.74) is 3.59. The van der Waals surface area contributed by atoms with Gasteiger partial charge in [-0.3, -0.25) is 0 Å². The van der Waals surface area contributed by atoms with Crippen LogP contribution in [0, 0.1) is 6.92 Å². The summed E-state index contributed by atoms with van der Waals surface area (Å²) >= 11 is 3.49. The molecule has 0 atom stereocenters.